The first kappa shape index (κ1) is 14.0. The molecule has 94 valence electrons. The highest BCUT2D eigenvalue weighted by Crippen LogP contribution is 2.23. The highest BCUT2D eigenvalue weighted by Gasteiger charge is 2.11. The molecule has 0 aliphatic carbocycles. The minimum absolute atomic E-state index is 0.115. The van der Waals surface area contributed by atoms with Crippen molar-refractivity contribution in [3.63, 3.8) is 0 Å². The number of rotatable bonds is 5. The lowest BCUT2D eigenvalue weighted by atomic mass is 10.2. The zero-order valence-corrected chi connectivity index (χ0v) is 11.9. The minimum atomic E-state index is -0.115. The van der Waals surface area contributed by atoms with E-state index in [9.17, 15) is 4.79 Å². The van der Waals surface area contributed by atoms with Gasteiger partial charge in [-0.2, -0.15) is 0 Å². The molecule has 0 aromatic heterocycles. The highest BCUT2D eigenvalue weighted by atomic mass is 79.9. The number of likely N-dealkylation sites (N-methyl/N-ethyl adjacent to an activating group) is 1. The van der Waals surface area contributed by atoms with Crippen LogP contribution < -0.4 is 10.1 Å². The molecular weight excluding hydrogens is 284 g/mol. The summed E-state index contributed by atoms with van der Waals surface area (Å²) in [4.78, 5) is 13.9. The average molecular weight is 301 g/mol. The molecule has 0 unspecified atom stereocenters. The first-order valence-corrected chi connectivity index (χ1v) is 6.10. The normalized spacial score (nSPS) is 10.4. The van der Waals surface area contributed by atoms with E-state index in [2.05, 4.69) is 21.2 Å². The van der Waals surface area contributed by atoms with Crippen molar-refractivity contribution in [2.45, 2.75) is 0 Å². The molecule has 0 fully saturated rings. The Morgan fingerprint density at radius 3 is 2.76 bits per heavy atom. The molecule has 0 bridgehead atoms. The largest absolute Gasteiger partial charge is 0.496 e. The second-order valence-corrected chi connectivity index (χ2v) is 4.82. The van der Waals surface area contributed by atoms with Gasteiger partial charge in [0.2, 0.25) is 0 Å². The number of methoxy groups -OCH3 is 1. The van der Waals surface area contributed by atoms with Gasteiger partial charge in [0.05, 0.1) is 12.7 Å². The Bertz CT molecular complexity index is 394. The molecule has 0 saturated heterocycles. The molecule has 0 aliphatic heterocycles. The van der Waals surface area contributed by atoms with E-state index >= 15 is 0 Å². The predicted molar refractivity (Wildman–Crippen MR) is 71.6 cm³/mol. The molecule has 5 heteroatoms. The first-order chi connectivity index (χ1) is 8.04. The number of halogens is 1. The number of ether oxygens (including phenoxy) is 1. The van der Waals surface area contributed by atoms with Gasteiger partial charge in [0, 0.05) is 17.6 Å². The van der Waals surface area contributed by atoms with Gasteiger partial charge < -0.3 is 15.0 Å². The number of carbonyl (C=O) groups excluding carboxylic acids is 1. The minimum Gasteiger partial charge on any atom is -0.496 e. The number of nitrogens with one attached hydrogen (secondary N) is 1. The lowest BCUT2D eigenvalue weighted by Crippen LogP contribution is -2.31. The van der Waals surface area contributed by atoms with Crippen molar-refractivity contribution < 1.29 is 9.53 Å². The van der Waals surface area contributed by atoms with Crippen LogP contribution in [-0.4, -0.2) is 45.1 Å². The van der Waals surface area contributed by atoms with Crippen molar-refractivity contribution in [3.05, 3.63) is 28.2 Å². The summed E-state index contributed by atoms with van der Waals surface area (Å²) < 4.78 is 6.06. The number of amides is 1. The van der Waals surface area contributed by atoms with Crippen molar-refractivity contribution in [2.24, 2.45) is 0 Å². The zero-order chi connectivity index (χ0) is 12.8. The van der Waals surface area contributed by atoms with Crippen LogP contribution in [0.2, 0.25) is 0 Å². The molecule has 1 aromatic rings. The number of hydrogen-bond donors (Lipinski definition) is 1. The van der Waals surface area contributed by atoms with E-state index in [0.717, 1.165) is 11.0 Å². The lowest BCUT2D eigenvalue weighted by molar-refractivity contribution is 0.0948. The van der Waals surface area contributed by atoms with Gasteiger partial charge in [0.25, 0.3) is 5.91 Å². The first-order valence-electron chi connectivity index (χ1n) is 5.31. The van der Waals surface area contributed by atoms with Crippen molar-refractivity contribution in [1.82, 2.24) is 10.2 Å². The topological polar surface area (TPSA) is 41.6 Å². The van der Waals surface area contributed by atoms with E-state index in [0.29, 0.717) is 17.9 Å². The average Bonchev–Trinajstić information content (AvgIpc) is 2.28. The van der Waals surface area contributed by atoms with Gasteiger partial charge in [-0.15, -0.1) is 0 Å². The number of benzene rings is 1. The summed E-state index contributed by atoms with van der Waals surface area (Å²) in [6.45, 7) is 1.43. The maximum absolute atomic E-state index is 11.9. The maximum atomic E-state index is 11.9. The number of carbonyl (C=O) groups is 1. The molecule has 1 aromatic carbocycles. The molecule has 1 N–H and O–H groups in total. The molecule has 0 saturated carbocycles. The third-order valence-electron chi connectivity index (χ3n) is 2.25. The van der Waals surface area contributed by atoms with E-state index in [-0.39, 0.29) is 5.91 Å². The Kier molecular flexibility index (Phi) is 5.44. The van der Waals surface area contributed by atoms with Gasteiger partial charge in [-0.3, -0.25) is 4.79 Å². The molecule has 0 radical (unpaired) electrons. The van der Waals surface area contributed by atoms with Gasteiger partial charge in [0.15, 0.2) is 0 Å². The van der Waals surface area contributed by atoms with Crippen molar-refractivity contribution in [2.75, 3.05) is 34.3 Å². The Labute approximate surface area is 110 Å². The van der Waals surface area contributed by atoms with Crippen molar-refractivity contribution in [1.29, 1.82) is 0 Å². The van der Waals surface area contributed by atoms with E-state index in [1.807, 2.05) is 25.1 Å². The van der Waals surface area contributed by atoms with E-state index < -0.39 is 0 Å². The SMILES string of the molecule is COc1cc(Br)ccc1C(=O)NCCN(C)C. The summed E-state index contributed by atoms with van der Waals surface area (Å²) in [6.07, 6.45) is 0. The third kappa shape index (κ3) is 4.36. The molecule has 17 heavy (non-hydrogen) atoms. The molecule has 0 spiro atoms. The quantitative estimate of drug-likeness (QED) is 0.901. The number of nitrogens with zero attached hydrogens (tertiary/aromatic N) is 1. The molecule has 1 amide bonds. The smallest absolute Gasteiger partial charge is 0.255 e. The Morgan fingerprint density at radius 2 is 2.18 bits per heavy atom. The van der Waals surface area contributed by atoms with Crippen LogP contribution in [0.25, 0.3) is 0 Å². The van der Waals surface area contributed by atoms with Gasteiger partial charge >= 0.3 is 0 Å². The summed E-state index contributed by atoms with van der Waals surface area (Å²) in [5.41, 5.74) is 0.550. The molecule has 0 heterocycles. The summed E-state index contributed by atoms with van der Waals surface area (Å²) >= 11 is 3.34. The molecule has 0 atom stereocenters. The van der Waals surface area contributed by atoms with Crippen LogP contribution >= 0.6 is 15.9 Å². The van der Waals surface area contributed by atoms with E-state index in [1.54, 1.807) is 19.2 Å². The van der Waals surface area contributed by atoms with Gasteiger partial charge in [-0.1, -0.05) is 15.9 Å². The second-order valence-electron chi connectivity index (χ2n) is 3.90. The molecule has 1 rings (SSSR count). The Morgan fingerprint density at radius 1 is 1.47 bits per heavy atom. The molecular formula is C12H17BrN2O2. The second kappa shape index (κ2) is 6.61. The van der Waals surface area contributed by atoms with Crippen LogP contribution in [0.5, 0.6) is 5.75 Å². The molecule has 0 aliphatic rings. The van der Waals surface area contributed by atoms with Gasteiger partial charge in [-0.05, 0) is 32.3 Å². The lowest BCUT2D eigenvalue weighted by Gasteiger charge is -2.12. The zero-order valence-electron chi connectivity index (χ0n) is 10.3. The Balaban J connectivity index is 2.68. The van der Waals surface area contributed by atoms with E-state index in [1.165, 1.54) is 0 Å². The molecule has 4 nitrogen and oxygen atoms in total. The van der Waals surface area contributed by atoms with Crippen LogP contribution in [-0.2, 0) is 0 Å². The van der Waals surface area contributed by atoms with Crippen LogP contribution in [0.1, 0.15) is 10.4 Å². The highest BCUT2D eigenvalue weighted by molar-refractivity contribution is 9.10. The summed E-state index contributed by atoms with van der Waals surface area (Å²) in [6, 6.07) is 5.35. The van der Waals surface area contributed by atoms with Crippen LogP contribution in [0.3, 0.4) is 0 Å². The van der Waals surface area contributed by atoms with E-state index in [4.69, 9.17) is 4.74 Å². The predicted octanol–water partition coefficient (Wildman–Crippen LogP) is 1.75. The summed E-state index contributed by atoms with van der Waals surface area (Å²) in [7, 11) is 5.48. The summed E-state index contributed by atoms with van der Waals surface area (Å²) in [5, 5.41) is 2.85. The van der Waals surface area contributed by atoms with Gasteiger partial charge in [0.1, 0.15) is 5.75 Å². The van der Waals surface area contributed by atoms with Crippen LogP contribution in [0.4, 0.5) is 0 Å². The standard InChI is InChI=1S/C12H17BrN2O2/c1-15(2)7-6-14-12(16)10-5-4-9(13)8-11(10)17-3/h4-5,8H,6-7H2,1-3H3,(H,14,16). The van der Waals surface area contributed by atoms with Crippen molar-refractivity contribution in [3.8, 4) is 5.75 Å². The Hall–Kier alpha value is -1.07. The van der Waals surface area contributed by atoms with Crippen molar-refractivity contribution >= 4 is 21.8 Å². The third-order valence-corrected chi connectivity index (χ3v) is 2.75. The fourth-order valence-electron chi connectivity index (χ4n) is 1.34. The summed E-state index contributed by atoms with van der Waals surface area (Å²) in [5.74, 6) is 0.456. The monoisotopic (exact) mass is 300 g/mol. The van der Waals surface area contributed by atoms with Gasteiger partial charge in [-0.25, -0.2) is 0 Å². The van der Waals surface area contributed by atoms with Crippen LogP contribution in [0, 0.1) is 0 Å². The maximum Gasteiger partial charge on any atom is 0.255 e. The van der Waals surface area contributed by atoms with Crippen LogP contribution in [0.15, 0.2) is 22.7 Å². The number of hydrogen-bond acceptors (Lipinski definition) is 3. The fraction of sp³-hybridized carbons (Fsp3) is 0.417. The fourth-order valence-corrected chi connectivity index (χ4v) is 1.68.